The quantitative estimate of drug-likeness (QED) is 0.881. The van der Waals surface area contributed by atoms with Crippen molar-refractivity contribution in [2.45, 2.75) is 31.2 Å². The minimum absolute atomic E-state index is 0.198. The number of hydrogen-bond donors (Lipinski definition) is 2. The molecule has 2 atom stereocenters. The summed E-state index contributed by atoms with van der Waals surface area (Å²) in [5.41, 5.74) is 4.32. The van der Waals surface area contributed by atoms with Crippen LogP contribution in [0.5, 0.6) is 0 Å². The van der Waals surface area contributed by atoms with Crippen molar-refractivity contribution in [3.63, 3.8) is 0 Å². The van der Waals surface area contributed by atoms with E-state index in [1.54, 1.807) is 0 Å². The fourth-order valence-electron chi connectivity index (χ4n) is 1.95. The Morgan fingerprint density at radius 3 is 2.70 bits per heavy atom. The second-order valence-corrected chi connectivity index (χ2v) is 4.54. The predicted molar refractivity (Wildman–Crippen MR) is 64.8 cm³/mol. The van der Waals surface area contributed by atoms with Crippen LogP contribution in [0, 0.1) is 0 Å². The van der Waals surface area contributed by atoms with Crippen LogP contribution in [0.3, 0.4) is 0 Å². The van der Waals surface area contributed by atoms with Gasteiger partial charge in [0.2, 0.25) is 5.91 Å². The van der Waals surface area contributed by atoms with Crippen molar-refractivity contribution >= 4 is 11.7 Å². The summed E-state index contributed by atoms with van der Waals surface area (Å²) in [6.45, 7) is 0.363. The highest BCUT2D eigenvalue weighted by Crippen LogP contribution is 2.29. The smallest absolute Gasteiger partial charge is 0.367 e. The molecule has 110 valence electrons. The number of halogens is 3. The Balaban J connectivity index is 1.85. The average molecular weight is 289 g/mol. The topological polar surface area (TPSA) is 77.2 Å². The molecular formula is C12H14F3N3O2. The minimum atomic E-state index is -4.39. The highest BCUT2D eigenvalue weighted by molar-refractivity contribution is 5.79. The lowest BCUT2D eigenvalue weighted by molar-refractivity contribution is -0.137. The molecular weight excluding hydrogens is 275 g/mol. The number of ether oxygens (including phenoxy) is 1. The lowest BCUT2D eigenvalue weighted by Gasteiger charge is -2.13. The van der Waals surface area contributed by atoms with E-state index in [1.165, 1.54) is 6.07 Å². The van der Waals surface area contributed by atoms with Gasteiger partial charge in [0.15, 0.2) is 0 Å². The first-order valence-electron chi connectivity index (χ1n) is 6.08. The van der Waals surface area contributed by atoms with Crippen molar-refractivity contribution in [1.82, 2.24) is 4.98 Å². The second kappa shape index (κ2) is 5.66. The number of hydrogen-bond acceptors (Lipinski definition) is 4. The van der Waals surface area contributed by atoms with Crippen LogP contribution in [0.4, 0.5) is 19.0 Å². The van der Waals surface area contributed by atoms with Gasteiger partial charge < -0.3 is 15.8 Å². The maximum atomic E-state index is 12.3. The van der Waals surface area contributed by atoms with Crippen LogP contribution in [-0.4, -0.2) is 29.6 Å². The van der Waals surface area contributed by atoms with Gasteiger partial charge in [-0.15, -0.1) is 0 Å². The zero-order valence-corrected chi connectivity index (χ0v) is 10.5. The molecule has 1 saturated heterocycles. The maximum absolute atomic E-state index is 12.3. The maximum Gasteiger partial charge on any atom is 0.417 e. The van der Waals surface area contributed by atoms with Crippen LogP contribution in [0.1, 0.15) is 18.4 Å². The Labute approximate surface area is 113 Å². The number of rotatable bonds is 4. The molecule has 3 N–H and O–H groups in total. The predicted octanol–water partition coefficient (Wildman–Crippen LogP) is 1.55. The molecule has 1 aromatic heterocycles. The van der Waals surface area contributed by atoms with Gasteiger partial charge >= 0.3 is 6.18 Å². The fourth-order valence-corrected chi connectivity index (χ4v) is 1.95. The van der Waals surface area contributed by atoms with Gasteiger partial charge in [0.25, 0.3) is 0 Å². The van der Waals surface area contributed by atoms with E-state index in [-0.39, 0.29) is 6.10 Å². The molecule has 0 bridgehead atoms. The molecule has 0 saturated carbocycles. The van der Waals surface area contributed by atoms with Gasteiger partial charge in [0.1, 0.15) is 11.9 Å². The fraction of sp³-hybridized carbons (Fsp3) is 0.500. The lowest BCUT2D eigenvalue weighted by atomic mass is 10.2. The van der Waals surface area contributed by atoms with E-state index in [4.69, 9.17) is 10.5 Å². The molecule has 2 rings (SSSR count). The molecule has 1 aliphatic rings. The first-order chi connectivity index (χ1) is 9.36. The van der Waals surface area contributed by atoms with Gasteiger partial charge in [0.05, 0.1) is 11.7 Å². The Morgan fingerprint density at radius 2 is 2.20 bits per heavy atom. The van der Waals surface area contributed by atoms with Gasteiger partial charge in [-0.2, -0.15) is 13.2 Å². The largest absolute Gasteiger partial charge is 0.417 e. The second-order valence-electron chi connectivity index (χ2n) is 4.54. The third-order valence-electron chi connectivity index (χ3n) is 3.03. The van der Waals surface area contributed by atoms with Crippen LogP contribution in [0.15, 0.2) is 18.3 Å². The number of amides is 1. The van der Waals surface area contributed by atoms with Crippen molar-refractivity contribution in [3.8, 4) is 0 Å². The molecule has 1 aliphatic heterocycles. The number of nitrogens with one attached hydrogen (secondary N) is 1. The molecule has 2 heterocycles. The highest BCUT2D eigenvalue weighted by Gasteiger charge is 2.31. The van der Waals surface area contributed by atoms with E-state index in [9.17, 15) is 18.0 Å². The molecule has 0 radical (unpaired) electrons. The van der Waals surface area contributed by atoms with E-state index in [1.807, 2.05) is 0 Å². The first-order valence-corrected chi connectivity index (χ1v) is 6.08. The van der Waals surface area contributed by atoms with Crippen molar-refractivity contribution in [2.75, 3.05) is 11.9 Å². The first kappa shape index (κ1) is 14.6. The zero-order chi connectivity index (χ0) is 14.8. The average Bonchev–Trinajstić information content (AvgIpc) is 2.85. The van der Waals surface area contributed by atoms with Crippen molar-refractivity contribution in [3.05, 3.63) is 23.9 Å². The van der Waals surface area contributed by atoms with E-state index in [0.29, 0.717) is 25.2 Å². The SMILES string of the molecule is NC(=O)C1CCC(CNc2ccc(C(F)(F)F)cn2)O1. The summed E-state index contributed by atoms with van der Waals surface area (Å²) in [4.78, 5) is 14.6. The molecule has 0 spiro atoms. The van der Waals surface area contributed by atoms with E-state index in [2.05, 4.69) is 10.3 Å². The van der Waals surface area contributed by atoms with Gasteiger partial charge in [0, 0.05) is 12.7 Å². The molecule has 2 unspecified atom stereocenters. The van der Waals surface area contributed by atoms with E-state index >= 15 is 0 Å². The summed E-state index contributed by atoms with van der Waals surface area (Å²) in [5, 5.41) is 2.87. The van der Waals surface area contributed by atoms with Gasteiger partial charge in [-0.25, -0.2) is 4.98 Å². The number of anilines is 1. The number of carbonyl (C=O) groups excluding carboxylic acids is 1. The Hall–Kier alpha value is -1.83. The van der Waals surface area contributed by atoms with Crippen LogP contribution in [-0.2, 0) is 15.7 Å². The van der Waals surface area contributed by atoms with Gasteiger partial charge in [-0.05, 0) is 25.0 Å². The van der Waals surface area contributed by atoms with Crippen molar-refractivity contribution in [2.24, 2.45) is 5.73 Å². The summed E-state index contributed by atoms with van der Waals surface area (Å²) in [5.74, 6) is -0.177. The Morgan fingerprint density at radius 1 is 1.45 bits per heavy atom. The van der Waals surface area contributed by atoms with Crippen LogP contribution in [0.2, 0.25) is 0 Å². The number of aromatic nitrogens is 1. The van der Waals surface area contributed by atoms with E-state index < -0.39 is 23.8 Å². The summed E-state index contributed by atoms with van der Waals surface area (Å²) in [6.07, 6.45) is -3.18. The normalized spacial score (nSPS) is 22.8. The molecule has 0 aliphatic carbocycles. The molecule has 0 aromatic carbocycles. The Bertz CT molecular complexity index is 476. The van der Waals surface area contributed by atoms with Gasteiger partial charge in [-0.3, -0.25) is 4.79 Å². The number of carbonyl (C=O) groups is 1. The summed E-state index contributed by atoms with van der Waals surface area (Å²) < 4.78 is 42.4. The molecule has 8 heteroatoms. The molecule has 1 amide bonds. The third kappa shape index (κ3) is 3.60. The van der Waals surface area contributed by atoms with E-state index in [0.717, 1.165) is 12.3 Å². The minimum Gasteiger partial charge on any atom is -0.367 e. The van der Waals surface area contributed by atoms with Crippen molar-refractivity contribution < 1.29 is 22.7 Å². The molecule has 1 aromatic rings. The summed E-state index contributed by atoms with van der Waals surface area (Å²) in [6, 6.07) is 2.21. The highest BCUT2D eigenvalue weighted by atomic mass is 19.4. The summed E-state index contributed by atoms with van der Waals surface area (Å²) >= 11 is 0. The Kier molecular flexibility index (Phi) is 4.12. The summed E-state index contributed by atoms with van der Waals surface area (Å²) in [7, 11) is 0. The third-order valence-corrected chi connectivity index (χ3v) is 3.03. The van der Waals surface area contributed by atoms with Crippen molar-refractivity contribution in [1.29, 1.82) is 0 Å². The number of nitrogens with zero attached hydrogens (tertiary/aromatic N) is 1. The molecule has 20 heavy (non-hydrogen) atoms. The van der Waals surface area contributed by atoms with Gasteiger partial charge in [-0.1, -0.05) is 0 Å². The van der Waals surface area contributed by atoms with Crippen LogP contribution < -0.4 is 11.1 Å². The number of pyridine rings is 1. The molecule has 5 nitrogen and oxygen atoms in total. The molecule has 1 fully saturated rings. The number of primary amides is 1. The number of alkyl halides is 3. The standard InChI is InChI=1S/C12H14F3N3O2/c13-12(14,15)7-1-4-10(17-5-7)18-6-8-2-3-9(20-8)11(16)19/h1,4-5,8-9H,2-3,6H2,(H2,16,19)(H,17,18). The van der Waals surface area contributed by atoms with Crippen LogP contribution >= 0.6 is 0 Å². The monoisotopic (exact) mass is 289 g/mol. The zero-order valence-electron chi connectivity index (χ0n) is 10.5. The van der Waals surface area contributed by atoms with Crippen LogP contribution in [0.25, 0.3) is 0 Å². The number of nitrogens with two attached hydrogens (primary N) is 1. The lowest BCUT2D eigenvalue weighted by Crippen LogP contribution is -2.30.